The first-order valence-electron chi connectivity index (χ1n) is 11.3. The van der Waals surface area contributed by atoms with Gasteiger partial charge in [-0.05, 0) is 48.4 Å². The van der Waals surface area contributed by atoms with Gasteiger partial charge in [-0.2, -0.15) is 0 Å². The largest absolute Gasteiger partial charge is 0.507 e. The summed E-state index contributed by atoms with van der Waals surface area (Å²) in [6.07, 6.45) is 2.12. The van der Waals surface area contributed by atoms with Crippen LogP contribution in [0.25, 0.3) is 5.76 Å². The SMILES string of the molecule is C=CCOc1ccc(/C(O)=C2/C(=O)C(=O)N(CCCOC)C2c2cc(OC)c(OC)c(OC)c2)cc1. The Kier molecular flexibility index (Phi) is 8.97. The first-order valence-corrected chi connectivity index (χ1v) is 11.3. The van der Waals surface area contributed by atoms with Gasteiger partial charge in [0, 0.05) is 25.8 Å². The summed E-state index contributed by atoms with van der Waals surface area (Å²) in [6.45, 7) is 4.59. The molecule has 0 radical (unpaired) electrons. The van der Waals surface area contributed by atoms with Gasteiger partial charge in [-0.1, -0.05) is 12.7 Å². The molecule has 0 bridgehead atoms. The minimum absolute atomic E-state index is 0.0357. The number of carbonyl (C=O) groups excluding carboxylic acids is 2. The molecular formula is C27H31NO8. The minimum atomic E-state index is -0.882. The number of rotatable bonds is 12. The Labute approximate surface area is 210 Å². The molecule has 1 N–H and O–H groups in total. The predicted molar refractivity (Wildman–Crippen MR) is 134 cm³/mol. The van der Waals surface area contributed by atoms with Gasteiger partial charge in [0.2, 0.25) is 5.75 Å². The van der Waals surface area contributed by atoms with Crippen molar-refractivity contribution in [3.05, 3.63) is 65.8 Å². The number of hydrogen-bond acceptors (Lipinski definition) is 8. The molecule has 36 heavy (non-hydrogen) atoms. The van der Waals surface area contributed by atoms with E-state index in [9.17, 15) is 14.7 Å². The highest BCUT2D eigenvalue weighted by molar-refractivity contribution is 6.46. The molecule has 0 saturated carbocycles. The van der Waals surface area contributed by atoms with Crippen LogP contribution < -0.4 is 18.9 Å². The summed E-state index contributed by atoms with van der Waals surface area (Å²) in [7, 11) is 6.01. The number of methoxy groups -OCH3 is 4. The molecule has 1 amide bonds. The van der Waals surface area contributed by atoms with Crippen molar-refractivity contribution in [2.75, 3.05) is 48.2 Å². The lowest BCUT2D eigenvalue weighted by atomic mass is 9.94. The van der Waals surface area contributed by atoms with Crippen LogP contribution in [0.2, 0.25) is 0 Å². The maximum absolute atomic E-state index is 13.2. The second-order valence-electron chi connectivity index (χ2n) is 7.92. The Hall–Kier alpha value is -3.98. The zero-order valence-corrected chi connectivity index (χ0v) is 20.9. The fourth-order valence-electron chi connectivity index (χ4n) is 4.12. The normalized spacial score (nSPS) is 16.7. The van der Waals surface area contributed by atoms with Crippen LogP contribution in [0.5, 0.6) is 23.0 Å². The second-order valence-corrected chi connectivity index (χ2v) is 7.92. The number of benzene rings is 2. The van der Waals surface area contributed by atoms with E-state index in [4.69, 9.17) is 23.7 Å². The molecule has 1 fully saturated rings. The van der Waals surface area contributed by atoms with E-state index >= 15 is 0 Å². The number of aliphatic hydroxyl groups is 1. The van der Waals surface area contributed by atoms with Crippen molar-refractivity contribution in [2.24, 2.45) is 0 Å². The molecule has 3 rings (SSSR count). The fourth-order valence-corrected chi connectivity index (χ4v) is 4.12. The number of amides is 1. The summed E-state index contributed by atoms with van der Waals surface area (Å²) in [5.74, 6) is -0.122. The van der Waals surface area contributed by atoms with Crippen molar-refractivity contribution in [2.45, 2.75) is 12.5 Å². The number of aliphatic hydroxyl groups excluding tert-OH is 1. The number of ether oxygens (including phenoxy) is 5. The number of carbonyl (C=O) groups is 2. The molecule has 1 aliphatic rings. The van der Waals surface area contributed by atoms with Crippen molar-refractivity contribution < 1.29 is 38.4 Å². The maximum Gasteiger partial charge on any atom is 0.295 e. The Bertz CT molecular complexity index is 1110. The van der Waals surface area contributed by atoms with Crippen molar-refractivity contribution in [3.63, 3.8) is 0 Å². The van der Waals surface area contributed by atoms with Crippen molar-refractivity contribution in [3.8, 4) is 23.0 Å². The van der Waals surface area contributed by atoms with E-state index in [1.54, 1.807) is 49.6 Å². The minimum Gasteiger partial charge on any atom is -0.507 e. The molecule has 9 heteroatoms. The van der Waals surface area contributed by atoms with Gasteiger partial charge in [-0.3, -0.25) is 9.59 Å². The monoisotopic (exact) mass is 497 g/mol. The second kappa shape index (κ2) is 12.1. The molecule has 1 saturated heterocycles. The maximum atomic E-state index is 13.2. The number of Topliss-reactive ketones (excluding diaryl/α,β-unsaturated/α-hetero) is 1. The van der Waals surface area contributed by atoms with Gasteiger partial charge in [-0.15, -0.1) is 0 Å². The van der Waals surface area contributed by atoms with Crippen LogP contribution in [-0.4, -0.2) is 69.9 Å². The average molecular weight is 498 g/mol. The highest BCUT2D eigenvalue weighted by Crippen LogP contribution is 2.45. The van der Waals surface area contributed by atoms with Gasteiger partial charge in [0.15, 0.2) is 11.5 Å². The van der Waals surface area contributed by atoms with E-state index in [1.807, 2.05) is 0 Å². The van der Waals surface area contributed by atoms with E-state index in [-0.39, 0.29) is 17.9 Å². The van der Waals surface area contributed by atoms with E-state index in [0.29, 0.717) is 53.8 Å². The van der Waals surface area contributed by atoms with Crippen LogP contribution in [0.1, 0.15) is 23.6 Å². The molecule has 9 nitrogen and oxygen atoms in total. The fraction of sp³-hybridized carbons (Fsp3) is 0.333. The summed E-state index contributed by atoms with van der Waals surface area (Å²) in [6, 6.07) is 9.04. The summed E-state index contributed by atoms with van der Waals surface area (Å²) >= 11 is 0. The predicted octanol–water partition coefficient (Wildman–Crippen LogP) is 3.74. The van der Waals surface area contributed by atoms with Crippen LogP contribution in [-0.2, 0) is 14.3 Å². The molecule has 192 valence electrons. The zero-order valence-electron chi connectivity index (χ0n) is 20.9. The third-order valence-electron chi connectivity index (χ3n) is 5.79. The quantitative estimate of drug-likeness (QED) is 0.156. The Morgan fingerprint density at radius 2 is 1.67 bits per heavy atom. The topological polar surface area (TPSA) is 104 Å². The Balaban J connectivity index is 2.16. The van der Waals surface area contributed by atoms with E-state index in [1.165, 1.54) is 26.2 Å². The van der Waals surface area contributed by atoms with Crippen LogP contribution in [0.15, 0.2) is 54.6 Å². The number of nitrogens with zero attached hydrogens (tertiary/aromatic N) is 1. The molecule has 2 aromatic rings. The van der Waals surface area contributed by atoms with Gasteiger partial charge in [0.25, 0.3) is 11.7 Å². The lowest BCUT2D eigenvalue weighted by Gasteiger charge is -2.26. The first kappa shape index (κ1) is 26.6. The van der Waals surface area contributed by atoms with E-state index < -0.39 is 17.7 Å². The molecule has 1 atom stereocenters. The number of ketones is 1. The molecular weight excluding hydrogens is 466 g/mol. The molecule has 0 aliphatic carbocycles. The van der Waals surface area contributed by atoms with Crippen LogP contribution in [0.3, 0.4) is 0 Å². The smallest absolute Gasteiger partial charge is 0.295 e. The van der Waals surface area contributed by atoms with Crippen molar-refractivity contribution >= 4 is 17.4 Å². The third kappa shape index (κ3) is 5.31. The van der Waals surface area contributed by atoms with Gasteiger partial charge < -0.3 is 33.7 Å². The van der Waals surface area contributed by atoms with Crippen LogP contribution in [0, 0.1) is 0 Å². The van der Waals surface area contributed by atoms with E-state index in [2.05, 4.69) is 6.58 Å². The molecule has 1 aliphatic heterocycles. The average Bonchev–Trinajstić information content (AvgIpc) is 3.16. The zero-order chi connectivity index (χ0) is 26.2. The molecule has 0 aromatic heterocycles. The summed E-state index contributed by atoms with van der Waals surface area (Å²) in [5.41, 5.74) is 0.855. The van der Waals surface area contributed by atoms with Crippen molar-refractivity contribution in [1.82, 2.24) is 4.90 Å². The number of likely N-dealkylation sites (tertiary alicyclic amines) is 1. The third-order valence-corrected chi connectivity index (χ3v) is 5.79. The van der Waals surface area contributed by atoms with Crippen LogP contribution in [0.4, 0.5) is 0 Å². The van der Waals surface area contributed by atoms with Crippen LogP contribution >= 0.6 is 0 Å². The molecule has 1 heterocycles. The lowest BCUT2D eigenvalue weighted by molar-refractivity contribution is -0.140. The van der Waals surface area contributed by atoms with Gasteiger partial charge in [-0.25, -0.2) is 0 Å². The number of hydrogen-bond donors (Lipinski definition) is 1. The standard InChI is InChI=1S/C27H31NO8/c1-6-13-36-19-10-8-17(9-11-19)24(29)22-23(28(12-7-14-32-2)27(31)25(22)30)18-15-20(33-3)26(35-5)21(16-18)34-4/h6,8-11,15-16,23,29H,1,7,12-14H2,2-5H3/b24-22-. The van der Waals surface area contributed by atoms with Gasteiger partial charge in [0.1, 0.15) is 18.1 Å². The lowest BCUT2D eigenvalue weighted by Crippen LogP contribution is -2.31. The van der Waals surface area contributed by atoms with Gasteiger partial charge >= 0.3 is 0 Å². The van der Waals surface area contributed by atoms with Gasteiger partial charge in [0.05, 0.1) is 32.9 Å². The highest BCUT2D eigenvalue weighted by atomic mass is 16.5. The summed E-state index contributed by atoms with van der Waals surface area (Å²) in [5, 5.41) is 11.3. The molecule has 2 aromatic carbocycles. The highest BCUT2D eigenvalue weighted by Gasteiger charge is 2.46. The van der Waals surface area contributed by atoms with Crippen molar-refractivity contribution in [1.29, 1.82) is 0 Å². The first-order chi connectivity index (χ1) is 17.4. The molecule has 0 spiro atoms. The summed E-state index contributed by atoms with van der Waals surface area (Å²) in [4.78, 5) is 27.8. The summed E-state index contributed by atoms with van der Waals surface area (Å²) < 4.78 is 27.0. The van der Waals surface area contributed by atoms with E-state index in [0.717, 1.165) is 0 Å². The Morgan fingerprint density at radius 1 is 1.03 bits per heavy atom. The molecule has 1 unspecified atom stereocenters. The Morgan fingerprint density at radius 3 is 2.19 bits per heavy atom.